The van der Waals surface area contributed by atoms with Gasteiger partial charge in [-0.1, -0.05) is 37.0 Å². The summed E-state index contributed by atoms with van der Waals surface area (Å²) in [5, 5.41) is 1.02. The minimum Gasteiger partial charge on any atom is -0.493 e. The van der Waals surface area contributed by atoms with E-state index in [0.717, 1.165) is 24.2 Å². The zero-order valence-corrected chi connectivity index (χ0v) is 11.1. The fourth-order valence-electron chi connectivity index (χ4n) is 1.39. The summed E-state index contributed by atoms with van der Waals surface area (Å²) in [5.74, 6) is 0.741. The molecule has 0 radical (unpaired) electrons. The molecule has 2 N–H and O–H groups in total. The molecule has 0 saturated heterocycles. The van der Waals surface area contributed by atoms with E-state index >= 15 is 0 Å². The van der Waals surface area contributed by atoms with Crippen LogP contribution < -0.4 is 10.5 Å². The number of hydrogen-bond donors (Lipinski definition) is 1. The number of halogens is 2. The van der Waals surface area contributed by atoms with Crippen LogP contribution in [0.15, 0.2) is 12.1 Å². The Morgan fingerprint density at radius 1 is 1.25 bits per heavy atom. The number of nitrogens with two attached hydrogens (primary N) is 1. The molecule has 90 valence electrons. The molecule has 0 heterocycles. The van der Waals surface area contributed by atoms with Gasteiger partial charge < -0.3 is 10.5 Å². The van der Waals surface area contributed by atoms with Crippen LogP contribution in [-0.2, 0) is 0 Å². The maximum absolute atomic E-state index is 6.00. The fourth-order valence-corrected chi connectivity index (χ4v) is 1.72. The molecule has 0 aromatic heterocycles. The standard InChI is InChI=1S/C12H17Cl2NO/c1-3-5-16-12-7-10(14)9(13)6-8(12)11(15)4-2/h6-7,11H,3-5,15H2,1-2H3. The molecular weight excluding hydrogens is 245 g/mol. The van der Waals surface area contributed by atoms with E-state index in [0.29, 0.717) is 16.7 Å². The summed E-state index contributed by atoms with van der Waals surface area (Å²) < 4.78 is 5.62. The second-order valence-electron chi connectivity index (χ2n) is 3.67. The van der Waals surface area contributed by atoms with Gasteiger partial charge in [-0.25, -0.2) is 0 Å². The van der Waals surface area contributed by atoms with Crippen molar-refractivity contribution in [3.05, 3.63) is 27.7 Å². The maximum atomic E-state index is 6.00. The molecule has 1 aromatic rings. The van der Waals surface area contributed by atoms with Crippen molar-refractivity contribution in [3.8, 4) is 5.75 Å². The average Bonchev–Trinajstić information content (AvgIpc) is 2.29. The Morgan fingerprint density at radius 2 is 1.88 bits per heavy atom. The highest BCUT2D eigenvalue weighted by Gasteiger charge is 2.13. The summed E-state index contributed by atoms with van der Waals surface area (Å²) in [7, 11) is 0. The lowest BCUT2D eigenvalue weighted by molar-refractivity contribution is 0.312. The SMILES string of the molecule is CCCOc1cc(Cl)c(Cl)cc1C(N)CC. The van der Waals surface area contributed by atoms with Crippen molar-refractivity contribution in [3.63, 3.8) is 0 Å². The normalized spacial score (nSPS) is 12.6. The summed E-state index contributed by atoms with van der Waals surface area (Å²) >= 11 is 11.9. The predicted molar refractivity (Wildman–Crippen MR) is 69.5 cm³/mol. The highest BCUT2D eigenvalue weighted by molar-refractivity contribution is 6.42. The summed E-state index contributed by atoms with van der Waals surface area (Å²) in [6.07, 6.45) is 1.78. The first kappa shape index (κ1) is 13.6. The monoisotopic (exact) mass is 261 g/mol. The van der Waals surface area contributed by atoms with Crippen molar-refractivity contribution in [2.24, 2.45) is 5.73 Å². The Balaban J connectivity index is 3.06. The van der Waals surface area contributed by atoms with E-state index in [1.807, 2.05) is 6.92 Å². The highest BCUT2D eigenvalue weighted by Crippen LogP contribution is 2.34. The molecule has 0 spiro atoms. The van der Waals surface area contributed by atoms with Gasteiger partial charge in [-0.15, -0.1) is 0 Å². The second kappa shape index (κ2) is 6.33. The fraction of sp³-hybridized carbons (Fsp3) is 0.500. The molecule has 0 fully saturated rings. The summed E-state index contributed by atoms with van der Waals surface area (Å²) in [6, 6.07) is 3.47. The van der Waals surface area contributed by atoms with Crippen LogP contribution in [0.4, 0.5) is 0 Å². The number of hydrogen-bond acceptors (Lipinski definition) is 2. The topological polar surface area (TPSA) is 35.2 Å². The molecule has 0 bridgehead atoms. The van der Waals surface area contributed by atoms with Crippen LogP contribution in [0, 0.1) is 0 Å². The van der Waals surface area contributed by atoms with E-state index in [1.54, 1.807) is 12.1 Å². The summed E-state index contributed by atoms with van der Waals surface area (Å²) in [4.78, 5) is 0. The smallest absolute Gasteiger partial charge is 0.125 e. The molecule has 2 nitrogen and oxygen atoms in total. The van der Waals surface area contributed by atoms with Crippen LogP contribution in [0.2, 0.25) is 10.0 Å². The Morgan fingerprint density at radius 3 is 2.44 bits per heavy atom. The van der Waals surface area contributed by atoms with Gasteiger partial charge in [-0.3, -0.25) is 0 Å². The average molecular weight is 262 g/mol. The third-order valence-corrected chi connectivity index (χ3v) is 3.08. The third-order valence-electron chi connectivity index (χ3n) is 2.35. The molecule has 1 aromatic carbocycles. The molecule has 1 atom stereocenters. The van der Waals surface area contributed by atoms with Crippen molar-refractivity contribution < 1.29 is 4.74 Å². The Hall–Kier alpha value is -0.440. The highest BCUT2D eigenvalue weighted by atomic mass is 35.5. The minimum absolute atomic E-state index is 0.0679. The van der Waals surface area contributed by atoms with Crippen LogP contribution in [-0.4, -0.2) is 6.61 Å². The Kier molecular flexibility index (Phi) is 5.39. The maximum Gasteiger partial charge on any atom is 0.125 e. The van der Waals surface area contributed by atoms with Gasteiger partial charge in [-0.05, 0) is 18.9 Å². The molecule has 4 heteroatoms. The number of ether oxygens (including phenoxy) is 1. The van der Waals surface area contributed by atoms with Gasteiger partial charge in [0.25, 0.3) is 0 Å². The van der Waals surface area contributed by atoms with E-state index in [-0.39, 0.29) is 6.04 Å². The Labute approximate surface area is 107 Å². The molecule has 0 amide bonds. The largest absolute Gasteiger partial charge is 0.493 e. The van der Waals surface area contributed by atoms with E-state index in [2.05, 4.69) is 6.92 Å². The first-order valence-electron chi connectivity index (χ1n) is 5.47. The first-order chi connectivity index (χ1) is 7.60. The van der Waals surface area contributed by atoms with Crippen LogP contribution in [0.1, 0.15) is 38.3 Å². The van der Waals surface area contributed by atoms with Gasteiger partial charge in [0.05, 0.1) is 16.7 Å². The molecule has 0 aliphatic carbocycles. The predicted octanol–water partition coefficient (Wildman–Crippen LogP) is 4.19. The molecule has 0 saturated carbocycles. The van der Waals surface area contributed by atoms with E-state index in [9.17, 15) is 0 Å². The van der Waals surface area contributed by atoms with Gasteiger partial charge in [-0.2, -0.15) is 0 Å². The van der Waals surface area contributed by atoms with Crippen molar-refractivity contribution in [1.29, 1.82) is 0 Å². The van der Waals surface area contributed by atoms with Crippen molar-refractivity contribution >= 4 is 23.2 Å². The summed E-state index contributed by atoms with van der Waals surface area (Å²) in [5.41, 5.74) is 6.93. The molecule has 1 rings (SSSR count). The lowest BCUT2D eigenvalue weighted by Gasteiger charge is -2.16. The second-order valence-corrected chi connectivity index (χ2v) is 4.48. The van der Waals surface area contributed by atoms with Crippen LogP contribution in [0.3, 0.4) is 0 Å². The first-order valence-corrected chi connectivity index (χ1v) is 6.23. The van der Waals surface area contributed by atoms with Crippen LogP contribution >= 0.6 is 23.2 Å². The molecule has 1 unspecified atom stereocenters. The van der Waals surface area contributed by atoms with Gasteiger partial charge in [0.1, 0.15) is 5.75 Å². The van der Waals surface area contributed by atoms with Gasteiger partial charge >= 0.3 is 0 Å². The van der Waals surface area contributed by atoms with Gasteiger partial charge in [0.15, 0.2) is 0 Å². The van der Waals surface area contributed by atoms with Crippen molar-refractivity contribution in [1.82, 2.24) is 0 Å². The zero-order chi connectivity index (χ0) is 12.1. The van der Waals surface area contributed by atoms with Crippen molar-refractivity contribution in [2.45, 2.75) is 32.7 Å². The van der Waals surface area contributed by atoms with Gasteiger partial charge in [0, 0.05) is 17.7 Å². The lowest BCUT2D eigenvalue weighted by atomic mass is 10.0. The minimum atomic E-state index is -0.0679. The number of rotatable bonds is 5. The quantitative estimate of drug-likeness (QED) is 0.863. The zero-order valence-electron chi connectivity index (χ0n) is 9.59. The lowest BCUT2D eigenvalue weighted by Crippen LogP contribution is -2.11. The third kappa shape index (κ3) is 3.27. The van der Waals surface area contributed by atoms with Crippen LogP contribution in [0.25, 0.3) is 0 Å². The van der Waals surface area contributed by atoms with Gasteiger partial charge in [0.2, 0.25) is 0 Å². The Bertz CT molecular complexity index is 355. The number of benzene rings is 1. The molecular formula is C12H17Cl2NO. The summed E-state index contributed by atoms with van der Waals surface area (Å²) in [6.45, 7) is 4.73. The molecule has 16 heavy (non-hydrogen) atoms. The molecule has 0 aliphatic heterocycles. The molecule has 0 aliphatic rings. The van der Waals surface area contributed by atoms with E-state index in [1.165, 1.54) is 0 Å². The van der Waals surface area contributed by atoms with Crippen molar-refractivity contribution in [2.75, 3.05) is 6.61 Å². The van der Waals surface area contributed by atoms with Crippen LogP contribution in [0.5, 0.6) is 5.75 Å². The van der Waals surface area contributed by atoms with E-state index in [4.69, 9.17) is 33.7 Å². The van der Waals surface area contributed by atoms with E-state index < -0.39 is 0 Å².